The monoisotopic (exact) mass is 411 g/mol. The van der Waals surface area contributed by atoms with E-state index in [0.717, 1.165) is 6.42 Å². The van der Waals surface area contributed by atoms with Gasteiger partial charge >= 0.3 is 6.36 Å². The second-order valence-electron chi connectivity index (χ2n) is 6.47. The molecule has 3 rings (SSSR count). The molecule has 0 bridgehead atoms. The number of aliphatic imine (C=N–C) groups is 1. The van der Waals surface area contributed by atoms with Crippen LogP contribution in [0.1, 0.15) is 12.0 Å². The molecule has 0 amide bonds. The van der Waals surface area contributed by atoms with Crippen molar-refractivity contribution in [2.75, 3.05) is 25.0 Å². The van der Waals surface area contributed by atoms with Gasteiger partial charge < -0.3 is 20.3 Å². The largest absolute Gasteiger partial charge is 0.573 e. The Balaban J connectivity index is 1.57. The molecule has 0 radical (unpaired) electrons. The lowest BCUT2D eigenvalue weighted by molar-refractivity contribution is -0.274. The number of alkyl halides is 3. The first-order chi connectivity index (χ1) is 13.9. The van der Waals surface area contributed by atoms with Crippen molar-refractivity contribution in [2.24, 2.45) is 4.99 Å². The molecule has 1 atom stereocenters. The molecule has 1 saturated heterocycles. The van der Waals surface area contributed by atoms with Crippen molar-refractivity contribution >= 4 is 11.8 Å². The number of hydrogen-bond acceptors (Lipinski definition) is 4. The van der Waals surface area contributed by atoms with E-state index in [-0.39, 0.29) is 24.2 Å². The van der Waals surface area contributed by atoms with Crippen LogP contribution in [0.25, 0.3) is 0 Å². The highest BCUT2D eigenvalue weighted by Crippen LogP contribution is 2.26. The Kier molecular flexibility index (Phi) is 6.40. The van der Waals surface area contributed by atoms with Gasteiger partial charge in [-0.3, -0.25) is 4.99 Å². The Morgan fingerprint density at radius 3 is 2.79 bits per heavy atom. The molecule has 29 heavy (non-hydrogen) atoms. The van der Waals surface area contributed by atoms with E-state index >= 15 is 0 Å². The Labute approximate surface area is 165 Å². The van der Waals surface area contributed by atoms with E-state index in [4.69, 9.17) is 0 Å². The molecule has 0 spiro atoms. The van der Waals surface area contributed by atoms with Gasteiger partial charge in [0.25, 0.3) is 0 Å². The standard InChI is InChI=1S/C19H21F4N5O/c1-24-18(26-11-13-5-2-3-7-16(13)29-19(21,22)23)27-14-8-10-28(12-14)17-15(20)6-4-9-25-17/h2-7,9,14H,8,10-12H2,1H3,(H2,24,26,27). The Bertz CT molecular complexity index is 858. The van der Waals surface area contributed by atoms with E-state index in [2.05, 4.69) is 25.3 Å². The van der Waals surface area contributed by atoms with Gasteiger partial charge in [-0.15, -0.1) is 13.2 Å². The SMILES string of the molecule is CN=C(NCc1ccccc1OC(F)(F)F)NC1CCN(c2ncccc2F)C1. The molecule has 1 aliphatic rings. The maximum absolute atomic E-state index is 13.9. The number of ether oxygens (including phenoxy) is 1. The van der Waals surface area contributed by atoms with Crippen molar-refractivity contribution in [2.45, 2.75) is 25.4 Å². The zero-order valence-electron chi connectivity index (χ0n) is 15.7. The lowest BCUT2D eigenvalue weighted by Crippen LogP contribution is -2.44. The first-order valence-corrected chi connectivity index (χ1v) is 9.02. The molecule has 0 saturated carbocycles. The highest BCUT2D eigenvalue weighted by Gasteiger charge is 2.32. The summed E-state index contributed by atoms with van der Waals surface area (Å²) in [5.41, 5.74) is 0.344. The minimum atomic E-state index is -4.76. The molecule has 1 unspecified atom stereocenters. The molecule has 1 aromatic heterocycles. The molecule has 2 N–H and O–H groups in total. The fraction of sp³-hybridized carbons (Fsp3) is 0.368. The summed E-state index contributed by atoms with van der Waals surface area (Å²) < 4.78 is 55.6. The molecule has 1 aliphatic heterocycles. The zero-order valence-corrected chi connectivity index (χ0v) is 15.7. The maximum Gasteiger partial charge on any atom is 0.573 e. The summed E-state index contributed by atoms with van der Waals surface area (Å²) in [6.45, 7) is 1.25. The molecule has 6 nitrogen and oxygen atoms in total. The maximum atomic E-state index is 13.9. The Hall–Kier alpha value is -3.04. The molecule has 10 heteroatoms. The van der Waals surface area contributed by atoms with Crippen LogP contribution in [0.4, 0.5) is 23.4 Å². The molecule has 1 aromatic carbocycles. The Morgan fingerprint density at radius 2 is 2.07 bits per heavy atom. The van der Waals surface area contributed by atoms with Crippen LogP contribution in [0.3, 0.4) is 0 Å². The summed E-state index contributed by atoms with van der Waals surface area (Å²) >= 11 is 0. The third kappa shape index (κ3) is 5.72. The van der Waals surface area contributed by atoms with E-state index in [1.807, 2.05) is 4.90 Å². The number of anilines is 1. The summed E-state index contributed by atoms with van der Waals surface area (Å²) in [5.74, 6) is 0.0932. The number of halogens is 4. The number of nitrogens with one attached hydrogen (secondary N) is 2. The van der Waals surface area contributed by atoms with Crippen molar-refractivity contribution < 1.29 is 22.3 Å². The number of benzene rings is 1. The van der Waals surface area contributed by atoms with Crippen LogP contribution in [-0.2, 0) is 6.54 Å². The first-order valence-electron chi connectivity index (χ1n) is 9.02. The number of hydrogen-bond donors (Lipinski definition) is 2. The van der Waals surface area contributed by atoms with Gasteiger partial charge in [-0.05, 0) is 24.6 Å². The fourth-order valence-electron chi connectivity index (χ4n) is 3.12. The van der Waals surface area contributed by atoms with E-state index in [1.165, 1.54) is 24.3 Å². The molecular formula is C19H21F4N5O. The molecule has 156 valence electrons. The second kappa shape index (κ2) is 8.97. The number of aromatic nitrogens is 1. The van der Waals surface area contributed by atoms with Crippen LogP contribution in [0, 0.1) is 5.82 Å². The van der Waals surface area contributed by atoms with Crippen molar-refractivity contribution in [3.63, 3.8) is 0 Å². The topological polar surface area (TPSA) is 61.8 Å². The van der Waals surface area contributed by atoms with Crippen LogP contribution in [0.2, 0.25) is 0 Å². The molecule has 0 aliphatic carbocycles. The van der Waals surface area contributed by atoms with E-state index in [0.29, 0.717) is 30.4 Å². The first kappa shape index (κ1) is 20.7. The number of nitrogens with zero attached hydrogens (tertiary/aromatic N) is 3. The quantitative estimate of drug-likeness (QED) is 0.450. The van der Waals surface area contributed by atoms with Crippen molar-refractivity contribution in [3.8, 4) is 5.75 Å². The van der Waals surface area contributed by atoms with Crippen LogP contribution in [0.5, 0.6) is 5.75 Å². The highest BCUT2D eigenvalue weighted by molar-refractivity contribution is 5.80. The number of rotatable bonds is 5. The van der Waals surface area contributed by atoms with E-state index in [9.17, 15) is 17.6 Å². The van der Waals surface area contributed by atoms with Gasteiger partial charge in [0, 0.05) is 44.5 Å². The van der Waals surface area contributed by atoms with Crippen LogP contribution in [0.15, 0.2) is 47.6 Å². The van der Waals surface area contributed by atoms with Crippen LogP contribution >= 0.6 is 0 Å². The van der Waals surface area contributed by atoms with Gasteiger partial charge in [-0.25, -0.2) is 9.37 Å². The van der Waals surface area contributed by atoms with Crippen molar-refractivity contribution in [1.29, 1.82) is 0 Å². The average molecular weight is 411 g/mol. The van der Waals surface area contributed by atoms with E-state index in [1.54, 1.807) is 25.4 Å². The lowest BCUT2D eigenvalue weighted by atomic mass is 10.2. The van der Waals surface area contributed by atoms with Crippen LogP contribution in [-0.4, -0.2) is 43.5 Å². The molecule has 2 aromatic rings. The van der Waals surface area contributed by atoms with Gasteiger partial charge in [-0.2, -0.15) is 0 Å². The minimum absolute atomic E-state index is 0.00993. The number of guanidine groups is 1. The predicted octanol–water partition coefficient (Wildman–Crippen LogP) is 3.06. The van der Waals surface area contributed by atoms with Gasteiger partial charge in [0.1, 0.15) is 5.75 Å². The third-order valence-corrected chi connectivity index (χ3v) is 4.44. The number of pyridine rings is 1. The summed E-state index contributed by atoms with van der Waals surface area (Å²) in [4.78, 5) is 10.0. The van der Waals surface area contributed by atoms with E-state index < -0.39 is 6.36 Å². The fourth-order valence-corrected chi connectivity index (χ4v) is 3.12. The molecular weight excluding hydrogens is 390 g/mol. The van der Waals surface area contributed by atoms with Gasteiger partial charge in [-0.1, -0.05) is 18.2 Å². The Morgan fingerprint density at radius 1 is 1.28 bits per heavy atom. The average Bonchev–Trinajstić information content (AvgIpc) is 3.13. The smallest absolute Gasteiger partial charge is 0.405 e. The summed E-state index contributed by atoms with van der Waals surface area (Å²) in [6.07, 6.45) is -2.48. The molecule has 2 heterocycles. The highest BCUT2D eigenvalue weighted by atomic mass is 19.4. The van der Waals surface area contributed by atoms with Crippen molar-refractivity contribution in [3.05, 3.63) is 54.0 Å². The minimum Gasteiger partial charge on any atom is -0.405 e. The summed E-state index contributed by atoms with van der Waals surface area (Å²) in [5, 5.41) is 6.19. The second-order valence-corrected chi connectivity index (χ2v) is 6.47. The normalized spacial score (nSPS) is 17.3. The van der Waals surface area contributed by atoms with Crippen molar-refractivity contribution in [1.82, 2.24) is 15.6 Å². The summed E-state index contributed by atoms with van der Waals surface area (Å²) in [7, 11) is 1.57. The number of para-hydroxylation sites is 1. The van der Waals surface area contributed by atoms with Gasteiger partial charge in [0.2, 0.25) is 0 Å². The third-order valence-electron chi connectivity index (χ3n) is 4.44. The van der Waals surface area contributed by atoms with Crippen LogP contribution < -0.4 is 20.3 Å². The predicted molar refractivity (Wildman–Crippen MR) is 101 cm³/mol. The van der Waals surface area contributed by atoms with Gasteiger partial charge in [0.05, 0.1) is 0 Å². The van der Waals surface area contributed by atoms with Gasteiger partial charge in [0.15, 0.2) is 17.6 Å². The zero-order chi connectivity index (χ0) is 20.9. The molecule has 1 fully saturated rings. The lowest BCUT2D eigenvalue weighted by Gasteiger charge is -2.20. The summed E-state index contributed by atoms with van der Waals surface area (Å²) in [6, 6.07) is 8.80.